The van der Waals surface area contributed by atoms with Gasteiger partial charge in [0, 0.05) is 18.2 Å². The summed E-state index contributed by atoms with van der Waals surface area (Å²) < 4.78 is 44.8. The van der Waals surface area contributed by atoms with Gasteiger partial charge in [-0.15, -0.1) is 0 Å². The predicted octanol–water partition coefficient (Wildman–Crippen LogP) is 3.40. The zero-order valence-corrected chi connectivity index (χ0v) is 16.3. The van der Waals surface area contributed by atoms with Gasteiger partial charge in [0.2, 0.25) is 15.7 Å². The Hall–Kier alpha value is -3.20. The maximum atomic E-state index is 13.3. The summed E-state index contributed by atoms with van der Waals surface area (Å²) >= 11 is 0. The Morgan fingerprint density at radius 3 is 2.43 bits per heavy atom. The Balaban J connectivity index is 2.34. The van der Waals surface area contributed by atoms with E-state index in [-0.39, 0.29) is 22.9 Å². The highest BCUT2D eigenvalue weighted by atomic mass is 32.2. The molecule has 0 radical (unpaired) electrons. The van der Waals surface area contributed by atoms with Gasteiger partial charge in [0.15, 0.2) is 5.82 Å². The van der Waals surface area contributed by atoms with Crippen molar-refractivity contribution < 1.29 is 22.0 Å². The van der Waals surface area contributed by atoms with Crippen LogP contribution in [0.1, 0.15) is 22.8 Å². The first-order chi connectivity index (χ1) is 13.1. The van der Waals surface area contributed by atoms with Crippen molar-refractivity contribution in [1.82, 2.24) is 10.3 Å². The van der Waals surface area contributed by atoms with Crippen LogP contribution in [0, 0.1) is 5.82 Å². The van der Waals surface area contributed by atoms with Crippen LogP contribution in [-0.4, -0.2) is 32.6 Å². The van der Waals surface area contributed by atoms with E-state index in [1.807, 2.05) is 0 Å². The van der Waals surface area contributed by atoms with Crippen LogP contribution in [0.5, 0.6) is 0 Å². The first-order valence-corrected chi connectivity index (χ1v) is 10.1. The second kappa shape index (κ2) is 7.08. The van der Waals surface area contributed by atoms with Gasteiger partial charge in [0.05, 0.1) is 17.2 Å². The number of hydrogen-bond donors (Lipinski definition) is 2. The largest absolute Gasteiger partial charge is 0.437 e. The number of rotatable bonds is 5. The monoisotopic (exact) mass is 403 g/mol. The van der Waals surface area contributed by atoms with Gasteiger partial charge in [-0.1, -0.05) is 6.58 Å². The Bertz CT molecular complexity index is 1200. The molecule has 0 aliphatic heterocycles. The van der Waals surface area contributed by atoms with E-state index in [2.05, 4.69) is 21.6 Å². The summed E-state index contributed by atoms with van der Waals surface area (Å²) in [7, 11) is -2.12. The van der Waals surface area contributed by atoms with Crippen molar-refractivity contribution in [2.75, 3.05) is 18.0 Å². The molecule has 1 aromatic carbocycles. The highest BCUT2D eigenvalue weighted by molar-refractivity contribution is 7.92. The highest BCUT2D eigenvalue weighted by Crippen LogP contribution is 2.36. The van der Waals surface area contributed by atoms with Crippen molar-refractivity contribution >= 4 is 38.4 Å². The van der Waals surface area contributed by atoms with Crippen LogP contribution in [0.25, 0.3) is 28.0 Å². The maximum absolute atomic E-state index is 13.3. The third-order valence-corrected chi connectivity index (χ3v) is 4.55. The molecule has 1 amide bonds. The van der Waals surface area contributed by atoms with Crippen LogP contribution >= 0.6 is 0 Å². The Labute approximate surface area is 161 Å². The SMILES string of the molecule is C=C(C)c1cc2c(C(=O)NC)c(-c3ccc(F)cc3)oc2nc1NS(C)(=O)=O. The van der Waals surface area contributed by atoms with Crippen molar-refractivity contribution in [2.24, 2.45) is 0 Å². The lowest BCUT2D eigenvalue weighted by Gasteiger charge is -2.09. The van der Waals surface area contributed by atoms with Crippen LogP contribution < -0.4 is 10.0 Å². The Kier molecular flexibility index (Phi) is 4.95. The maximum Gasteiger partial charge on any atom is 0.255 e. The normalized spacial score (nSPS) is 11.4. The molecule has 146 valence electrons. The molecule has 0 atom stereocenters. The number of aromatic nitrogens is 1. The summed E-state index contributed by atoms with van der Waals surface area (Å²) in [6, 6.07) is 7.06. The van der Waals surface area contributed by atoms with Crippen LogP contribution in [0.15, 0.2) is 41.3 Å². The molecule has 2 heterocycles. The number of allylic oxidation sites excluding steroid dienone is 1. The number of fused-ring (bicyclic) bond motifs is 1. The fourth-order valence-electron chi connectivity index (χ4n) is 2.76. The Morgan fingerprint density at radius 2 is 1.89 bits per heavy atom. The summed E-state index contributed by atoms with van der Waals surface area (Å²) in [6.45, 7) is 5.54. The first-order valence-electron chi connectivity index (χ1n) is 8.20. The van der Waals surface area contributed by atoms with Crippen molar-refractivity contribution in [2.45, 2.75) is 6.92 Å². The second-order valence-corrected chi connectivity index (χ2v) is 8.03. The fraction of sp³-hybridized carbons (Fsp3) is 0.158. The minimum atomic E-state index is -3.60. The van der Waals surface area contributed by atoms with E-state index in [1.54, 1.807) is 13.0 Å². The molecule has 3 aromatic rings. The van der Waals surface area contributed by atoms with E-state index in [1.165, 1.54) is 31.3 Å². The van der Waals surface area contributed by atoms with Crippen molar-refractivity contribution in [1.29, 1.82) is 0 Å². The molecule has 0 bridgehead atoms. The van der Waals surface area contributed by atoms with E-state index in [9.17, 15) is 17.6 Å². The highest BCUT2D eigenvalue weighted by Gasteiger charge is 2.24. The number of hydrogen-bond acceptors (Lipinski definition) is 5. The molecule has 9 heteroatoms. The molecular formula is C19H18FN3O4S. The lowest BCUT2D eigenvalue weighted by atomic mass is 10.0. The minimum Gasteiger partial charge on any atom is -0.437 e. The van der Waals surface area contributed by atoms with E-state index < -0.39 is 21.7 Å². The van der Waals surface area contributed by atoms with Gasteiger partial charge in [-0.2, -0.15) is 4.98 Å². The molecule has 0 saturated heterocycles. The number of furan rings is 1. The molecule has 7 nitrogen and oxygen atoms in total. The fourth-order valence-corrected chi connectivity index (χ4v) is 3.26. The molecule has 0 unspecified atom stereocenters. The number of carbonyl (C=O) groups excluding carboxylic acids is 1. The second-order valence-electron chi connectivity index (χ2n) is 6.28. The number of halogens is 1. The summed E-state index contributed by atoms with van der Waals surface area (Å²) in [5, 5.41) is 2.93. The molecule has 0 fully saturated rings. The summed E-state index contributed by atoms with van der Waals surface area (Å²) in [6.07, 6.45) is 1.00. The number of nitrogens with one attached hydrogen (secondary N) is 2. The summed E-state index contributed by atoms with van der Waals surface area (Å²) in [5.41, 5.74) is 1.73. The van der Waals surface area contributed by atoms with E-state index in [0.717, 1.165) is 6.26 Å². The van der Waals surface area contributed by atoms with Gasteiger partial charge < -0.3 is 9.73 Å². The topological polar surface area (TPSA) is 101 Å². The zero-order valence-electron chi connectivity index (χ0n) is 15.5. The average Bonchev–Trinajstić information content (AvgIpc) is 2.97. The standard InChI is InChI=1S/C19H18FN3O4S/c1-10(2)13-9-14-15(18(24)21-3)16(11-5-7-12(20)8-6-11)27-19(14)22-17(13)23-28(4,25)26/h5-9H,1H2,2-4H3,(H,21,24)(H,22,23). The van der Waals surface area contributed by atoms with Crippen LogP contribution in [0.4, 0.5) is 10.2 Å². The molecule has 0 spiro atoms. The van der Waals surface area contributed by atoms with Crippen LogP contribution in [0.2, 0.25) is 0 Å². The lowest BCUT2D eigenvalue weighted by molar-refractivity contribution is 0.0964. The third-order valence-electron chi connectivity index (χ3n) is 3.99. The van der Waals surface area contributed by atoms with Crippen molar-refractivity contribution in [3.63, 3.8) is 0 Å². The van der Waals surface area contributed by atoms with Gasteiger partial charge in [-0.25, -0.2) is 12.8 Å². The van der Waals surface area contributed by atoms with Gasteiger partial charge in [0.1, 0.15) is 11.6 Å². The van der Waals surface area contributed by atoms with Gasteiger partial charge in [0.25, 0.3) is 5.91 Å². The molecule has 0 aliphatic rings. The number of pyridine rings is 1. The van der Waals surface area contributed by atoms with E-state index in [4.69, 9.17) is 4.42 Å². The minimum absolute atomic E-state index is 0.0466. The van der Waals surface area contributed by atoms with Crippen LogP contribution in [0.3, 0.4) is 0 Å². The molecule has 0 aliphatic carbocycles. The van der Waals surface area contributed by atoms with E-state index >= 15 is 0 Å². The summed E-state index contributed by atoms with van der Waals surface area (Å²) in [5.74, 6) is -0.601. The van der Waals surface area contributed by atoms with Crippen molar-refractivity contribution in [3.05, 3.63) is 53.9 Å². The Morgan fingerprint density at radius 1 is 1.25 bits per heavy atom. The number of nitrogens with zero attached hydrogens (tertiary/aromatic N) is 1. The lowest BCUT2D eigenvalue weighted by Crippen LogP contribution is -2.18. The quantitative estimate of drug-likeness (QED) is 0.680. The molecule has 28 heavy (non-hydrogen) atoms. The molecule has 2 aromatic heterocycles. The number of sulfonamides is 1. The zero-order chi connectivity index (χ0) is 20.6. The number of benzene rings is 1. The van der Waals surface area contributed by atoms with E-state index in [0.29, 0.717) is 22.1 Å². The number of anilines is 1. The number of carbonyl (C=O) groups is 1. The average molecular weight is 403 g/mol. The molecule has 0 saturated carbocycles. The van der Waals surface area contributed by atoms with Gasteiger partial charge >= 0.3 is 0 Å². The van der Waals surface area contributed by atoms with Gasteiger partial charge in [-0.3, -0.25) is 9.52 Å². The third kappa shape index (κ3) is 3.74. The smallest absolute Gasteiger partial charge is 0.255 e. The molecular weight excluding hydrogens is 385 g/mol. The van der Waals surface area contributed by atoms with Gasteiger partial charge in [-0.05, 0) is 42.8 Å². The van der Waals surface area contributed by atoms with Crippen LogP contribution in [-0.2, 0) is 10.0 Å². The summed E-state index contributed by atoms with van der Waals surface area (Å²) in [4.78, 5) is 16.8. The predicted molar refractivity (Wildman–Crippen MR) is 106 cm³/mol. The molecule has 3 rings (SSSR count). The molecule has 2 N–H and O–H groups in total. The number of amides is 1. The van der Waals surface area contributed by atoms with Crippen molar-refractivity contribution in [3.8, 4) is 11.3 Å². The first kappa shape index (κ1) is 19.6.